The van der Waals surface area contributed by atoms with Crippen molar-refractivity contribution in [3.05, 3.63) is 35.5 Å². The Morgan fingerprint density at radius 1 is 1.45 bits per heavy atom. The molecule has 8 heteroatoms. The number of aliphatic hydroxyl groups is 2. The van der Waals surface area contributed by atoms with Crippen molar-refractivity contribution in [2.45, 2.75) is 63.3 Å². The molecule has 0 aromatic carbocycles. The summed E-state index contributed by atoms with van der Waals surface area (Å²) in [5.41, 5.74) is -0.244. The molecule has 0 unspecified atom stereocenters. The highest BCUT2D eigenvalue weighted by molar-refractivity contribution is 5.92. The van der Waals surface area contributed by atoms with E-state index in [1.165, 1.54) is 7.11 Å². The van der Waals surface area contributed by atoms with Gasteiger partial charge in [-0.25, -0.2) is 9.59 Å². The maximum Gasteiger partial charge on any atom is 0.334 e. The minimum absolute atomic E-state index is 0.0766. The Morgan fingerprint density at radius 3 is 2.72 bits per heavy atom. The van der Waals surface area contributed by atoms with Crippen LogP contribution >= 0.6 is 0 Å². The average molecular weight is 408 g/mol. The lowest BCUT2D eigenvalue weighted by Crippen LogP contribution is -2.45. The van der Waals surface area contributed by atoms with Gasteiger partial charge < -0.3 is 29.2 Å². The van der Waals surface area contributed by atoms with E-state index < -0.39 is 54.2 Å². The molecule has 2 saturated heterocycles. The van der Waals surface area contributed by atoms with Gasteiger partial charge in [0, 0.05) is 36.7 Å². The number of hydrogen-bond donors (Lipinski definition) is 2. The van der Waals surface area contributed by atoms with Crippen LogP contribution in [0.15, 0.2) is 35.5 Å². The first kappa shape index (κ1) is 21.7. The van der Waals surface area contributed by atoms with Gasteiger partial charge in [0.15, 0.2) is 5.79 Å². The summed E-state index contributed by atoms with van der Waals surface area (Å²) in [5.74, 6) is -3.19. The molecule has 2 N–H and O–H groups in total. The zero-order valence-electron chi connectivity index (χ0n) is 17.1. The second kappa shape index (κ2) is 7.68. The first-order valence-corrected chi connectivity index (χ1v) is 9.60. The number of aliphatic hydroxyl groups excluding tert-OH is 2. The number of ether oxygens (including phenoxy) is 4. The molecule has 2 fully saturated rings. The van der Waals surface area contributed by atoms with Crippen molar-refractivity contribution in [3.63, 3.8) is 0 Å². The fourth-order valence-corrected chi connectivity index (χ4v) is 4.26. The van der Waals surface area contributed by atoms with Gasteiger partial charge in [-0.2, -0.15) is 0 Å². The molecular weight excluding hydrogens is 380 g/mol. The minimum Gasteiger partial charge on any atom is -0.458 e. The lowest BCUT2D eigenvalue weighted by atomic mass is 9.80. The summed E-state index contributed by atoms with van der Waals surface area (Å²) >= 11 is 0. The van der Waals surface area contributed by atoms with Crippen LogP contribution in [0.1, 0.15) is 33.6 Å². The Bertz CT molecular complexity index is 784. The van der Waals surface area contributed by atoms with E-state index in [9.17, 15) is 19.8 Å². The third-order valence-corrected chi connectivity index (χ3v) is 6.20. The largest absolute Gasteiger partial charge is 0.458 e. The van der Waals surface area contributed by atoms with Crippen molar-refractivity contribution in [2.24, 2.45) is 5.92 Å². The number of hydrogen-bond acceptors (Lipinski definition) is 8. The van der Waals surface area contributed by atoms with Crippen molar-refractivity contribution < 1.29 is 38.7 Å². The van der Waals surface area contributed by atoms with Gasteiger partial charge in [0.1, 0.15) is 12.2 Å². The van der Waals surface area contributed by atoms with E-state index in [1.807, 2.05) is 0 Å². The van der Waals surface area contributed by atoms with E-state index in [-0.39, 0.29) is 18.4 Å². The standard InChI is InChI=1S/C21H28O8/c1-6-11(2)18(24)28-15-8-20(4)16(23)9-21(26-5,29-20)13(10-22)7-14-17(15)12(3)19(25)27-14/h6-7,14-17,22-23H,3,8-10H2,1-2,4-5H3/b11-6-,13-7-/t14-,15-,16+,17+,20-,21-/m1/s1. The predicted octanol–water partition coefficient (Wildman–Crippen LogP) is 1.17. The molecule has 0 saturated carbocycles. The van der Waals surface area contributed by atoms with Gasteiger partial charge in [0.25, 0.3) is 0 Å². The normalized spacial score (nSPS) is 41.6. The maximum absolute atomic E-state index is 12.5. The smallest absolute Gasteiger partial charge is 0.334 e. The molecule has 2 bridgehead atoms. The average Bonchev–Trinajstić information content (AvgIpc) is 3.12. The number of methoxy groups -OCH3 is 1. The zero-order valence-corrected chi connectivity index (χ0v) is 17.1. The molecule has 0 spiro atoms. The zero-order chi connectivity index (χ0) is 21.6. The van der Waals surface area contributed by atoms with E-state index in [2.05, 4.69) is 6.58 Å². The second-order valence-electron chi connectivity index (χ2n) is 7.98. The lowest BCUT2D eigenvalue weighted by molar-refractivity contribution is -0.225. The van der Waals surface area contributed by atoms with E-state index in [0.29, 0.717) is 11.1 Å². The Kier molecular flexibility index (Phi) is 5.75. The summed E-state index contributed by atoms with van der Waals surface area (Å²) in [6, 6.07) is 0. The summed E-state index contributed by atoms with van der Waals surface area (Å²) in [4.78, 5) is 24.8. The molecule has 3 aliphatic heterocycles. The summed E-state index contributed by atoms with van der Waals surface area (Å²) in [7, 11) is 1.42. The quantitative estimate of drug-likeness (QED) is 0.405. The number of carbonyl (C=O) groups is 2. The van der Waals surface area contributed by atoms with Crippen LogP contribution in [0.25, 0.3) is 0 Å². The molecule has 0 aromatic heterocycles. The van der Waals surface area contributed by atoms with Gasteiger partial charge in [-0.15, -0.1) is 0 Å². The molecule has 3 aliphatic rings. The summed E-state index contributed by atoms with van der Waals surface area (Å²) in [6.07, 6.45) is 0.738. The van der Waals surface area contributed by atoms with Crippen LogP contribution in [0.3, 0.4) is 0 Å². The van der Waals surface area contributed by atoms with Crippen LogP contribution in [0.4, 0.5) is 0 Å². The second-order valence-corrected chi connectivity index (χ2v) is 7.98. The highest BCUT2D eigenvalue weighted by Crippen LogP contribution is 2.49. The van der Waals surface area contributed by atoms with Crippen LogP contribution in [0.2, 0.25) is 0 Å². The van der Waals surface area contributed by atoms with Gasteiger partial charge in [-0.3, -0.25) is 0 Å². The van der Waals surface area contributed by atoms with E-state index in [4.69, 9.17) is 18.9 Å². The van der Waals surface area contributed by atoms with E-state index >= 15 is 0 Å². The number of allylic oxidation sites excluding steroid dienone is 1. The molecular formula is C21H28O8. The maximum atomic E-state index is 12.5. The van der Waals surface area contributed by atoms with Gasteiger partial charge in [0.2, 0.25) is 0 Å². The highest BCUT2D eigenvalue weighted by Gasteiger charge is 2.59. The van der Waals surface area contributed by atoms with Crippen molar-refractivity contribution in [1.29, 1.82) is 0 Å². The molecule has 29 heavy (non-hydrogen) atoms. The van der Waals surface area contributed by atoms with Gasteiger partial charge in [-0.1, -0.05) is 12.7 Å². The fraction of sp³-hybridized carbons (Fsp3) is 0.619. The molecule has 3 rings (SSSR count). The lowest BCUT2D eigenvalue weighted by Gasteiger charge is -2.35. The SMILES string of the molecule is C=C1C(=O)O[C@@H]2/C=C(/CO)[C@@]3(OC)C[C@H](O)[C@@](C)(C[C@@H](OC(=O)/C(C)=C\C)[C@@H]12)O3. The number of rotatable bonds is 4. The molecule has 160 valence electrons. The summed E-state index contributed by atoms with van der Waals surface area (Å²) in [5, 5.41) is 20.8. The van der Waals surface area contributed by atoms with Crippen molar-refractivity contribution in [3.8, 4) is 0 Å². The molecule has 0 aliphatic carbocycles. The Balaban J connectivity index is 2.11. The third-order valence-electron chi connectivity index (χ3n) is 6.20. The van der Waals surface area contributed by atoms with Crippen LogP contribution in [0.5, 0.6) is 0 Å². The Morgan fingerprint density at radius 2 is 2.14 bits per heavy atom. The molecule has 8 nitrogen and oxygen atoms in total. The highest BCUT2D eigenvalue weighted by atomic mass is 16.7. The molecule has 6 atom stereocenters. The number of carbonyl (C=O) groups excluding carboxylic acids is 2. The molecule has 0 amide bonds. The van der Waals surface area contributed by atoms with Crippen LogP contribution < -0.4 is 0 Å². The van der Waals surface area contributed by atoms with Crippen LogP contribution in [0, 0.1) is 5.92 Å². The summed E-state index contributed by atoms with van der Waals surface area (Å²) in [6.45, 7) is 8.45. The predicted molar refractivity (Wildman–Crippen MR) is 101 cm³/mol. The Labute approximate surface area is 169 Å². The first-order chi connectivity index (χ1) is 13.6. The fourth-order valence-electron chi connectivity index (χ4n) is 4.26. The topological polar surface area (TPSA) is 112 Å². The van der Waals surface area contributed by atoms with Gasteiger partial charge >= 0.3 is 11.9 Å². The molecule has 0 aromatic rings. The van der Waals surface area contributed by atoms with Crippen molar-refractivity contribution >= 4 is 11.9 Å². The Hall–Kier alpha value is -2.00. The first-order valence-electron chi connectivity index (χ1n) is 9.60. The van der Waals surface area contributed by atoms with Crippen molar-refractivity contribution in [2.75, 3.05) is 13.7 Å². The van der Waals surface area contributed by atoms with Crippen LogP contribution in [-0.2, 0) is 28.5 Å². The van der Waals surface area contributed by atoms with Crippen molar-refractivity contribution in [1.82, 2.24) is 0 Å². The summed E-state index contributed by atoms with van der Waals surface area (Å²) < 4.78 is 22.9. The number of esters is 2. The van der Waals surface area contributed by atoms with E-state index in [1.54, 1.807) is 32.9 Å². The molecule has 0 radical (unpaired) electrons. The minimum atomic E-state index is -1.37. The van der Waals surface area contributed by atoms with Gasteiger partial charge in [-0.05, 0) is 26.8 Å². The number of fused-ring (bicyclic) bond motifs is 3. The molecule has 3 heterocycles. The monoisotopic (exact) mass is 408 g/mol. The third kappa shape index (κ3) is 3.54. The van der Waals surface area contributed by atoms with Gasteiger partial charge in [0.05, 0.1) is 24.2 Å². The van der Waals surface area contributed by atoms with Crippen LogP contribution in [-0.4, -0.2) is 65.6 Å². The van der Waals surface area contributed by atoms with E-state index in [0.717, 1.165) is 0 Å².